The molecule has 1 aliphatic heterocycles. The van der Waals surface area contributed by atoms with Gasteiger partial charge in [-0.3, -0.25) is 0 Å². The van der Waals surface area contributed by atoms with E-state index in [0.717, 1.165) is 47.5 Å². The lowest BCUT2D eigenvalue weighted by Gasteiger charge is -2.35. The standard InChI is InChI=1S/C24H32N6O2S/c1-16-15-32-13-12-30(16)20-14-19(24(8-9-24)33(5,31)29-23(2,3)4)27-22(28-20)18-7-11-26-21-17(18)6-10-25-21/h6-7,10-11,14,16H,8-9,12-13,15H2,1-5H3,(H,25,26). The van der Waals surface area contributed by atoms with Crippen molar-refractivity contribution in [1.82, 2.24) is 19.9 Å². The Bertz CT molecular complexity index is 1310. The van der Waals surface area contributed by atoms with Crippen molar-refractivity contribution < 1.29 is 8.95 Å². The molecule has 3 aromatic heterocycles. The second-order valence-corrected chi connectivity index (χ2v) is 12.8. The summed E-state index contributed by atoms with van der Waals surface area (Å²) in [5.74, 6) is 1.48. The van der Waals surface area contributed by atoms with Crippen molar-refractivity contribution in [3.05, 3.63) is 36.3 Å². The summed E-state index contributed by atoms with van der Waals surface area (Å²) < 4.78 is 23.9. The zero-order valence-electron chi connectivity index (χ0n) is 20.0. The number of morpholine rings is 1. The predicted molar refractivity (Wildman–Crippen MR) is 132 cm³/mol. The van der Waals surface area contributed by atoms with Gasteiger partial charge >= 0.3 is 0 Å². The number of nitrogens with zero attached hydrogens (tertiary/aromatic N) is 5. The lowest BCUT2D eigenvalue weighted by molar-refractivity contribution is 0.0985. The third-order valence-corrected chi connectivity index (χ3v) is 9.38. The summed E-state index contributed by atoms with van der Waals surface area (Å²) in [6.45, 7) is 10.2. The summed E-state index contributed by atoms with van der Waals surface area (Å²) in [6.07, 6.45) is 7.06. The third kappa shape index (κ3) is 4.01. The molecule has 5 rings (SSSR count). The predicted octanol–water partition coefficient (Wildman–Crippen LogP) is 4.13. The normalized spacial score (nSPS) is 22.2. The fourth-order valence-corrected chi connectivity index (χ4v) is 7.28. The molecule has 0 radical (unpaired) electrons. The maximum Gasteiger partial charge on any atom is 0.162 e. The number of hydrogen-bond acceptors (Lipinski definition) is 7. The Morgan fingerprint density at radius 1 is 1.27 bits per heavy atom. The highest BCUT2D eigenvalue weighted by molar-refractivity contribution is 7.94. The van der Waals surface area contributed by atoms with E-state index in [1.165, 1.54) is 0 Å². The average molecular weight is 469 g/mol. The van der Waals surface area contributed by atoms with Gasteiger partial charge in [0.15, 0.2) is 5.82 Å². The van der Waals surface area contributed by atoms with Gasteiger partial charge in [0.05, 0.1) is 45.0 Å². The van der Waals surface area contributed by atoms with E-state index in [1.54, 1.807) is 12.5 Å². The van der Waals surface area contributed by atoms with Crippen LogP contribution in [0.5, 0.6) is 0 Å². The van der Waals surface area contributed by atoms with Crippen LogP contribution in [0.1, 0.15) is 46.2 Å². The lowest BCUT2D eigenvalue weighted by atomic mass is 10.1. The Morgan fingerprint density at radius 2 is 2.06 bits per heavy atom. The molecule has 0 bridgehead atoms. The topological polar surface area (TPSA) is 96.4 Å². The van der Waals surface area contributed by atoms with Crippen LogP contribution in [-0.2, 0) is 19.2 Å². The van der Waals surface area contributed by atoms with Crippen molar-refractivity contribution in [3.63, 3.8) is 0 Å². The van der Waals surface area contributed by atoms with Gasteiger partial charge in [-0.1, -0.05) is 0 Å². The molecular weight excluding hydrogens is 436 g/mol. The van der Waals surface area contributed by atoms with Gasteiger partial charge in [0.1, 0.15) is 11.5 Å². The summed E-state index contributed by atoms with van der Waals surface area (Å²) in [6, 6.07) is 6.17. The molecule has 1 saturated carbocycles. The molecule has 1 aliphatic carbocycles. The number of nitrogens with one attached hydrogen (secondary N) is 1. The van der Waals surface area contributed by atoms with Gasteiger partial charge < -0.3 is 14.6 Å². The van der Waals surface area contributed by atoms with Crippen LogP contribution in [0.15, 0.2) is 35.0 Å². The van der Waals surface area contributed by atoms with E-state index in [0.29, 0.717) is 19.0 Å². The molecule has 0 amide bonds. The fourth-order valence-electron chi connectivity index (χ4n) is 4.71. The van der Waals surface area contributed by atoms with Gasteiger partial charge in [0.25, 0.3) is 0 Å². The zero-order valence-corrected chi connectivity index (χ0v) is 20.8. The Morgan fingerprint density at radius 3 is 2.76 bits per heavy atom. The van der Waals surface area contributed by atoms with E-state index in [4.69, 9.17) is 19.1 Å². The van der Waals surface area contributed by atoms with Gasteiger partial charge in [0, 0.05) is 42.2 Å². The smallest absolute Gasteiger partial charge is 0.162 e. The molecule has 2 atom stereocenters. The number of fused-ring (bicyclic) bond motifs is 1. The van der Waals surface area contributed by atoms with Gasteiger partial charge in [-0.05, 0) is 52.7 Å². The molecule has 1 saturated heterocycles. The highest BCUT2D eigenvalue weighted by Gasteiger charge is 2.54. The monoisotopic (exact) mass is 468 g/mol. The third-order valence-electron chi connectivity index (χ3n) is 6.42. The van der Waals surface area contributed by atoms with Crippen LogP contribution in [0.25, 0.3) is 22.4 Å². The van der Waals surface area contributed by atoms with Crippen LogP contribution in [-0.4, -0.2) is 61.7 Å². The summed E-state index contributed by atoms with van der Waals surface area (Å²) >= 11 is 0. The molecule has 9 heteroatoms. The van der Waals surface area contributed by atoms with Crippen LogP contribution >= 0.6 is 0 Å². The van der Waals surface area contributed by atoms with Crippen molar-refractivity contribution in [1.29, 1.82) is 0 Å². The quantitative estimate of drug-likeness (QED) is 0.618. The lowest BCUT2D eigenvalue weighted by Crippen LogP contribution is -2.44. The number of pyridine rings is 1. The molecule has 8 nitrogen and oxygen atoms in total. The van der Waals surface area contributed by atoms with Crippen LogP contribution in [0.2, 0.25) is 0 Å². The highest BCUT2D eigenvalue weighted by atomic mass is 32.2. The van der Waals surface area contributed by atoms with E-state index in [9.17, 15) is 4.21 Å². The molecule has 0 spiro atoms. The Kier molecular flexibility index (Phi) is 5.25. The first-order valence-electron chi connectivity index (χ1n) is 11.5. The number of aromatic amines is 1. The van der Waals surface area contributed by atoms with Crippen molar-refractivity contribution >= 4 is 26.6 Å². The Hall–Kier alpha value is -2.52. The maximum atomic E-state index is 14.0. The van der Waals surface area contributed by atoms with Gasteiger partial charge in [0.2, 0.25) is 0 Å². The van der Waals surface area contributed by atoms with Gasteiger partial charge in [-0.2, -0.15) is 0 Å². The number of aromatic nitrogens is 4. The highest BCUT2D eigenvalue weighted by Crippen LogP contribution is 2.54. The average Bonchev–Trinajstić information content (AvgIpc) is 3.44. The van der Waals surface area contributed by atoms with Crippen molar-refractivity contribution in [2.45, 2.75) is 56.9 Å². The van der Waals surface area contributed by atoms with Crippen molar-refractivity contribution in [3.8, 4) is 11.4 Å². The Balaban J connectivity index is 1.71. The molecule has 2 fully saturated rings. The molecule has 1 N–H and O–H groups in total. The number of ether oxygens (including phenoxy) is 1. The zero-order chi connectivity index (χ0) is 23.4. The fraction of sp³-hybridized carbons (Fsp3) is 0.542. The molecular formula is C24H32N6O2S. The minimum Gasteiger partial charge on any atom is -0.377 e. The molecule has 3 aromatic rings. The minimum atomic E-state index is -2.53. The Labute approximate surface area is 195 Å². The molecule has 4 heterocycles. The number of H-pyrrole nitrogens is 1. The van der Waals surface area contributed by atoms with Crippen molar-refractivity contribution in [2.24, 2.45) is 4.36 Å². The summed E-state index contributed by atoms with van der Waals surface area (Å²) in [5, 5.41) is 0.970. The van der Waals surface area contributed by atoms with Gasteiger partial charge in [-0.15, -0.1) is 0 Å². The van der Waals surface area contributed by atoms with E-state index in [-0.39, 0.29) is 11.6 Å². The number of hydrogen-bond donors (Lipinski definition) is 1. The first-order valence-corrected chi connectivity index (χ1v) is 13.4. The van der Waals surface area contributed by atoms with E-state index >= 15 is 0 Å². The molecule has 176 valence electrons. The largest absolute Gasteiger partial charge is 0.377 e. The molecule has 2 unspecified atom stereocenters. The van der Waals surface area contributed by atoms with E-state index < -0.39 is 14.5 Å². The SMILES string of the molecule is CC1COCCN1c1cc(C2(S(C)(=O)=NC(C)(C)C)CC2)nc(-c2ccnc3[nH]ccc23)n1. The van der Waals surface area contributed by atoms with Crippen molar-refractivity contribution in [2.75, 3.05) is 30.9 Å². The van der Waals surface area contributed by atoms with Gasteiger partial charge in [-0.25, -0.2) is 23.5 Å². The minimum absolute atomic E-state index is 0.194. The summed E-state index contributed by atoms with van der Waals surface area (Å²) in [7, 11) is -2.53. The number of anilines is 1. The summed E-state index contributed by atoms with van der Waals surface area (Å²) in [4.78, 5) is 19.9. The van der Waals surface area contributed by atoms with E-state index in [2.05, 4.69) is 21.8 Å². The first-order chi connectivity index (χ1) is 15.6. The summed E-state index contributed by atoms with van der Waals surface area (Å²) in [5.41, 5.74) is 2.14. The number of rotatable bonds is 4. The second kappa shape index (κ2) is 7.77. The molecule has 2 aliphatic rings. The van der Waals surface area contributed by atoms with E-state index in [1.807, 2.05) is 45.2 Å². The van der Waals surface area contributed by atoms with Crippen LogP contribution in [0.3, 0.4) is 0 Å². The van der Waals surface area contributed by atoms with Crippen LogP contribution < -0.4 is 4.90 Å². The maximum absolute atomic E-state index is 14.0. The molecule has 0 aromatic carbocycles. The van der Waals surface area contributed by atoms with Crippen LogP contribution in [0.4, 0.5) is 5.82 Å². The first kappa shape index (κ1) is 22.3. The van der Waals surface area contributed by atoms with Crippen LogP contribution in [0, 0.1) is 0 Å². The second-order valence-electron chi connectivity index (χ2n) is 10.2. The molecule has 33 heavy (non-hydrogen) atoms.